The van der Waals surface area contributed by atoms with Crippen LogP contribution in [0.1, 0.15) is 32.6 Å². The standard InChI is InChI=1S/C10H18F3NO/c1-2-14-7-6-9(4-3-5-9)15-8-10(11,12)13/h14H,2-8H2,1H3. The summed E-state index contributed by atoms with van der Waals surface area (Å²) in [5, 5.41) is 3.11. The quantitative estimate of drug-likeness (QED) is 0.701. The second kappa shape index (κ2) is 5.16. The van der Waals surface area contributed by atoms with Crippen LogP contribution in [0.3, 0.4) is 0 Å². The summed E-state index contributed by atoms with van der Waals surface area (Å²) in [6.07, 6.45) is -1.04. The van der Waals surface area contributed by atoms with E-state index in [2.05, 4.69) is 5.32 Å². The van der Waals surface area contributed by atoms with Crippen molar-refractivity contribution in [3.8, 4) is 0 Å². The lowest BCUT2D eigenvalue weighted by Gasteiger charge is -2.42. The summed E-state index contributed by atoms with van der Waals surface area (Å²) in [6, 6.07) is 0. The maximum absolute atomic E-state index is 12.0. The SMILES string of the molecule is CCNCCC1(OCC(F)(F)F)CCC1. The van der Waals surface area contributed by atoms with Crippen LogP contribution in [0.25, 0.3) is 0 Å². The number of nitrogens with one attached hydrogen (secondary N) is 1. The third-order valence-electron chi connectivity index (χ3n) is 2.81. The van der Waals surface area contributed by atoms with E-state index in [1.165, 1.54) is 0 Å². The van der Waals surface area contributed by atoms with Crippen LogP contribution in [-0.2, 0) is 4.74 Å². The highest BCUT2D eigenvalue weighted by Gasteiger charge is 2.41. The van der Waals surface area contributed by atoms with E-state index in [9.17, 15) is 13.2 Å². The first kappa shape index (κ1) is 12.8. The Bertz CT molecular complexity index is 190. The maximum atomic E-state index is 12.0. The van der Waals surface area contributed by atoms with Crippen LogP contribution < -0.4 is 5.32 Å². The van der Waals surface area contributed by atoms with Crippen LogP contribution in [0.15, 0.2) is 0 Å². The Balaban J connectivity index is 2.27. The summed E-state index contributed by atoms with van der Waals surface area (Å²) >= 11 is 0. The van der Waals surface area contributed by atoms with E-state index in [-0.39, 0.29) is 0 Å². The Hall–Kier alpha value is -0.290. The molecular weight excluding hydrogens is 207 g/mol. The van der Waals surface area contributed by atoms with Gasteiger partial charge in [-0.3, -0.25) is 0 Å². The summed E-state index contributed by atoms with van der Waals surface area (Å²) in [4.78, 5) is 0. The van der Waals surface area contributed by atoms with Gasteiger partial charge in [-0.15, -0.1) is 0 Å². The van der Waals surface area contributed by atoms with E-state index in [0.717, 1.165) is 32.4 Å². The van der Waals surface area contributed by atoms with Crippen LogP contribution in [0.5, 0.6) is 0 Å². The fourth-order valence-electron chi connectivity index (χ4n) is 1.77. The molecule has 0 heterocycles. The van der Waals surface area contributed by atoms with Crippen molar-refractivity contribution in [2.75, 3.05) is 19.7 Å². The van der Waals surface area contributed by atoms with Gasteiger partial charge in [0.2, 0.25) is 0 Å². The van der Waals surface area contributed by atoms with Crippen molar-refractivity contribution in [3.05, 3.63) is 0 Å². The fourth-order valence-corrected chi connectivity index (χ4v) is 1.77. The number of halogens is 3. The molecule has 1 saturated carbocycles. The highest BCUT2D eigenvalue weighted by Crippen LogP contribution is 2.39. The van der Waals surface area contributed by atoms with Gasteiger partial charge >= 0.3 is 6.18 Å². The van der Waals surface area contributed by atoms with Gasteiger partial charge in [-0.25, -0.2) is 0 Å². The molecule has 0 unspecified atom stereocenters. The number of hydrogen-bond donors (Lipinski definition) is 1. The molecule has 2 nitrogen and oxygen atoms in total. The Morgan fingerprint density at radius 1 is 1.33 bits per heavy atom. The van der Waals surface area contributed by atoms with Crippen molar-refractivity contribution in [1.29, 1.82) is 0 Å². The highest BCUT2D eigenvalue weighted by atomic mass is 19.4. The van der Waals surface area contributed by atoms with Crippen LogP contribution >= 0.6 is 0 Å². The van der Waals surface area contributed by atoms with Crippen molar-refractivity contribution >= 4 is 0 Å². The van der Waals surface area contributed by atoms with Gasteiger partial charge in [0.25, 0.3) is 0 Å². The van der Waals surface area contributed by atoms with Crippen LogP contribution in [0.2, 0.25) is 0 Å². The largest absolute Gasteiger partial charge is 0.411 e. The predicted molar refractivity (Wildman–Crippen MR) is 51.7 cm³/mol. The predicted octanol–water partition coefficient (Wildman–Crippen LogP) is 2.49. The molecule has 1 fully saturated rings. The molecule has 1 rings (SSSR count). The zero-order valence-electron chi connectivity index (χ0n) is 8.99. The zero-order valence-corrected chi connectivity index (χ0v) is 8.99. The van der Waals surface area contributed by atoms with E-state index in [1.54, 1.807) is 0 Å². The average Bonchev–Trinajstić information content (AvgIpc) is 2.06. The number of hydrogen-bond acceptors (Lipinski definition) is 2. The number of alkyl halides is 3. The molecule has 1 aliphatic carbocycles. The zero-order chi connectivity index (χ0) is 11.4. The minimum absolute atomic E-state index is 0.502. The third kappa shape index (κ3) is 4.38. The van der Waals surface area contributed by atoms with E-state index >= 15 is 0 Å². The van der Waals surface area contributed by atoms with E-state index in [1.807, 2.05) is 6.92 Å². The van der Waals surface area contributed by atoms with Crippen LogP contribution in [0.4, 0.5) is 13.2 Å². The monoisotopic (exact) mass is 225 g/mol. The summed E-state index contributed by atoms with van der Waals surface area (Å²) in [6.45, 7) is 2.44. The summed E-state index contributed by atoms with van der Waals surface area (Å²) < 4.78 is 41.0. The molecule has 0 amide bonds. The summed E-state index contributed by atoms with van der Waals surface area (Å²) in [5.41, 5.74) is -0.502. The van der Waals surface area contributed by atoms with Gasteiger partial charge in [0.15, 0.2) is 0 Å². The highest BCUT2D eigenvalue weighted by molar-refractivity contribution is 4.90. The molecule has 0 bridgehead atoms. The van der Waals surface area contributed by atoms with Gasteiger partial charge in [-0.2, -0.15) is 13.2 Å². The first-order valence-corrected chi connectivity index (χ1v) is 5.39. The molecule has 0 aromatic carbocycles. The third-order valence-corrected chi connectivity index (χ3v) is 2.81. The lowest BCUT2D eigenvalue weighted by atomic mass is 9.77. The molecule has 0 atom stereocenters. The molecule has 0 aliphatic heterocycles. The summed E-state index contributed by atoms with van der Waals surface area (Å²) in [5.74, 6) is 0. The molecule has 90 valence electrons. The van der Waals surface area contributed by atoms with Gasteiger partial charge in [0, 0.05) is 0 Å². The Kier molecular flexibility index (Phi) is 4.40. The van der Waals surface area contributed by atoms with Gasteiger partial charge in [0.1, 0.15) is 6.61 Å². The molecule has 1 N–H and O–H groups in total. The minimum atomic E-state index is -4.21. The van der Waals surface area contributed by atoms with Gasteiger partial charge in [-0.05, 0) is 38.8 Å². The molecular formula is C10H18F3NO. The first-order valence-electron chi connectivity index (χ1n) is 5.39. The van der Waals surface area contributed by atoms with E-state index < -0.39 is 18.4 Å². The van der Waals surface area contributed by atoms with E-state index in [4.69, 9.17) is 4.74 Å². The van der Waals surface area contributed by atoms with Gasteiger partial charge < -0.3 is 10.1 Å². The van der Waals surface area contributed by atoms with E-state index in [0.29, 0.717) is 6.42 Å². The number of rotatable bonds is 6. The van der Waals surface area contributed by atoms with Gasteiger partial charge in [-0.1, -0.05) is 6.92 Å². The lowest BCUT2D eigenvalue weighted by Crippen LogP contribution is -2.44. The van der Waals surface area contributed by atoms with Crippen molar-refractivity contribution in [1.82, 2.24) is 5.32 Å². The fraction of sp³-hybridized carbons (Fsp3) is 1.00. The molecule has 1 aliphatic rings. The average molecular weight is 225 g/mol. The smallest absolute Gasteiger partial charge is 0.366 e. The maximum Gasteiger partial charge on any atom is 0.411 e. The van der Waals surface area contributed by atoms with Crippen molar-refractivity contribution in [2.45, 2.75) is 44.4 Å². The molecule has 0 aromatic rings. The first-order chi connectivity index (χ1) is 6.97. The Morgan fingerprint density at radius 2 is 2.00 bits per heavy atom. The number of ether oxygens (including phenoxy) is 1. The van der Waals surface area contributed by atoms with Crippen molar-refractivity contribution in [3.63, 3.8) is 0 Å². The molecule has 0 aromatic heterocycles. The molecule has 15 heavy (non-hydrogen) atoms. The Morgan fingerprint density at radius 3 is 2.40 bits per heavy atom. The molecule has 0 spiro atoms. The van der Waals surface area contributed by atoms with Gasteiger partial charge in [0.05, 0.1) is 5.60 Å². The van der Waals surface area contributed by atoms with Crippen molar-refractivity contribution in [2.24, 2.45) is 0 Å². The topological polar surface area (TPSA) is 21.3 Å². The molecule has 5 heteroatoms. The van der Waals surface area contributed by atoms with Crippen LogP contribution in [-0.4, -0.2) is 31.5 Å². The molecule has 0 radical (unpaired) electrons. The Labute approximate surface area is 88.2 Å². The second-order valence-corrected chi connectivity index (χ2v) is 4.04. The minimum Gasteiger partial charge on any atom is -0.366 e. The van der Waals surface area contributed by atoms with Crippen LogP contribution in [0, 0.1) is 0 Å². The second-order valence-electron chi connectivity index (χ2n) is 4.04. The normalized spacial score (nSPS) is 20.0. The lowest BCUT2D eigenvalue weighted by molar-refractivity contribution is -0.221. The molecule has 0 saturated heterocycles. The summed E-state index contributed by atoms with van der Waals surface area (Å²) in [7, 11) is 0. The van der Waals surface area contributed by atoms with Crippen molar-refractivity contribution < 1.29 is 17.9 Å².